The Balaban J connectivity index is 0.000000350. The first-order valence-corrected chi connectivity index (χ1v) is 18.0. The SMILES string of the molecule is CCCCCCCCCCCCCCCCC(C(=O)O)(c1ccccc1)c1ccccc1.CCCCc1cc2ccccc2[nH]1. The number of aromatic nitrogens is 1. The normalized spacial score (nSPS) is 11.3. The third kappa shape index (κ3) is 12.2. The minimum Gasteiger partial charge on any atom is -0.480 e. The Hall–Kier alpha value is -3.33. The van der Waals surface area contributed by atoms with Gasteiger partial charge in [-0.2, -0.15) is 0 Å². The Morgan fingerprint density at radius 1 is 0.578 bits per heavy atom. The molecule has 0 unspecified atom stereocenters. The molecule has 2 N–H and O–H groups in total. The van der Waals surface area contributed by atoms with E-state index in [9.17, 15) is 9.90 Å². The van der Waals surface area contributed by atoms with Crippen molar-refractivity contribution in [3.05, 3.63) is 108 Å². The van der Waals surface area contributed by atoms with E-state index < -0.39 is 11.4 Å². The van der Waals surface area contributed by atoms with E-state index in [4.69, 9.17) is 0 Å². The van der Waals surface area contributed by atoms with Crippen molar-refractivity contribution in [2.45, 2.75) is 135 Å². The molecule has 0 fully saturated rings. The molecule has 1 aromatic heterocycles. The Morgan fingerprint density at radius 3 is 1.49 bits per heavy atom. The number of H-pyrrole nitrogens is 1. The molecule has 4 aromatic rings. The topological polar surface area (TPSA) is 53.1 Å². The van der Waals surface area contributed by atoms with Crippen molar-refractivity contribution in [1.29, 1.82) is 0 Å². The lowest BCUT2D eigenvalue weighted by atomic mass is 9.71. The molecule has 0 atom stereocenters. The summed E-state index contributed by atoms with van der Waals surface area (Å²) >= 11 is 0. The van der Waals surface area contributed by atoms with Crippen molar-refractivity contribution in [1.82, 2.24) is 4.98 Å². The number of aliphatic carboxylic acids is 1. The second-order valence-electron chi connectivity index (χ2n) is 12.8. The van der Waals surface area contributed by atoms with Gasteiger partial charge in [-0.05, 0) is 47.9 Å². The molecule has 0 amide bonds. The third-order valence-electron chi connectivity index (χ3n) is 9.19. The highest BCUT2D eigenvalue weighted by molar-refractivity contribution is 5.86. The highest BCUT2D eigenvalue weighted by atomic mass is 16.4. The predicted molar refractivity (Wildman–Crippen MR) is 193 cm³/mol. The van der Waals surface area contributed by atoms with Crippen LogP contribution in [0, 0.1) is 0 Å². The van der Waals surface area contributed by atoms with Crippen molar-refractivity contribution >= 4 is 16.9 Å². The Morgan fingerprint density at radius 2 is 1.02 bits per heavy atom. The Kier molecular flexibility index (Phi) is 17.2. The lowest BCUT2D eigenvalue weighted by molar-refractivity contribution is -0.142. The van der Waals surface area contributed by atoms with Crippen LogP contribution in [0.4, 0.5) is 0 Å². The molecule has 244 valence electrons. The Bertz CT molecular complexity index is 1240. The number of fused-ring (bicyclic) bond motifs is 1. The standard InChI is InChI=1S/C30H44O2.C12H15N/c1-2-3-4-5-6-7-8-9-10-11-12-13-14-21-26-30(29(31)32,27-22-17-15-18-23-27)28-24-19-16-20-25-28;1-2-3-7-11-9-10-6-4-5-8-12(10)13-11/h15-20,22-25H,2-14,21,26H2,1H3,(H,31,32);4-6,8-9,13H,2-3,7H2,1H3. The molecule has 0 aliphatic rings. The largest absolute Gasteiger partial charge is 0.480 e. The molecule has 3 aromatic carbocycles. The van der Waals surface area contributed by atoms with Gasteiger partial charge < -0.3 is 10.1 Å². The van der Waals surface area contributed by atoms with E-state index >= 15 is 0 Å². The number of aromatic amines is 1. The number of carboxylic acid groups (broad SMARTS) is 1. The van der Waals surface area contributed by atoms with E-state index in [2.05, 4.69) is 49.2 Å². The fraction of sp³-hybridized carbons (Fsp3) is 0.500. The van der Waals surface area contributed by atoms with Crippen LogP contribution in [0.25, 0.3) is 10.9 Å². The minimum absolute atomic E-state index is 0.647. The summed E-state index contributed by atoms with van der Waals surface area (Å²) in [5, 5.41) is 11.7. The fourth-order valence-electron chi connectivity index (χ4n) is 6.47. The van der Waals surface area contributed by atoms with Gasteiger partial charge in [0, 0.05) is 11.2 Å². The molecule has 0 spiro atoms. The first kappa shape index (κ1) is 36.1. The molecule has 1 heterocycles. The quantitative estimate of drug-likeness (QED) is 0.0923. The molecular weight excluding hydrogens is 550 g/mol. The summed E-state index contributed by atoms with van der Waals surface area (Å²) < 4.78 is 0. The monoisotopic (exact) mass is 609 g/mol. The van der Waals surface area contributed by atoms with Crippen LogP contribution in [0.15, 0.2) is 91.0 Å². The number of unbranched alkanes of at least 4 members (excludes halogenated alkanes) is 14. The zero-order valence-electron chi connectivity index (χ0n) is 28.2. The number of carboxylic acids is 1. The van der Waals surface area contributed by atoms with Gasteiger partial charge in [0.15, 0.2) is 0 Å². The molecule has 0 bridgehead atoms. The third-order valence-corrected chi connectivity index (χ3v) is 9.19. The molecule has 3 heteroatoms. The van der Waals surface area contributed by atoms with Crippen LogP contribution >= 0.6 is 0 Å². The van der Waals surface area contributed by atoms with Gasteiger partial charge in [0.2, 0.25) is 0 Å². The van der Waals surface area contributed by atoms with Crippen molar-refractivity contribution in [3.8, 4) is 0 Å². The number of hydrogen-bond acceptors (Lipinski definition) is 1. The molecule has 0 aliphatic heterocycles. The second-order valence-corrected chi connectivity index (χ2v) is 12.8. The summed E-state index contributed by atoms with van der Waals surface area (Å²) in [5.41, 5.74) is 3.43. The Labute approximate surface area is 273 Å². The van der Waals surface area contributed by atoms with Gasteiger partial charge in [0.05, 0.1) is 0 Å². The number of benzene rings is 3. The van der Waals surface area contributed by atoms with Crippen molar-refractivity contribution < 1.29 is 9.90 Å². The molecular formula is C42H59NO2. The molecule has 3 nitrogen and oxygen atoms in total. The maximum atomic E-state index is 12.6. The molecule has 0 aliphatic carbocycles. The number of nitrogens with one attached hydrogen (secondary N) is 1. The average Bonchev–Trinajstić information content (AvgIpc) is 3.50. The zero-order chi connectivity index (χ0) is 32.0. The number of hydrogen-bond donors (Lipinski definition) is 2. The van der Waals surface area contributed by atoms with Crippen molar-refractivity contribution in [3.63, 3.8) is 0 Å². The van der Waals surface area contributed by atoms with Crippen LogP contribution in [-0.4, -0.2) is 16.1 Å². The van der Waals surface area contributed by atoms with Gasteiger partial charge in [-0.25, -0.2) is 0 Å². The van der Waals surface area contributed by atoms with Crippen molar-refractivity contribution in [2.75, 3.05) is 0 Å². The number of aryl methyl sites for hydroxylation is 1. The summed E-state index contributed by atoms with van der Waals surface area (Å²) in [7, 11) is 0. The van der Waals surface area contributed by atoms with E-state index in [1.807, 2.05) is 60.7 Å². The smallest absolute Gasteiger partial charge is 0.318 e. The van der Waals surface area contributed by atoms with Crippen LogP contribution in [-0.2, 0) is 16.6 Å². The molecule has 0 saturated heterocycles. The zero-order valence-corrected chi connectivity index (χ0v) is 28.2. The average molecular weight is 610 g/mol. The number of rotatable bonds is 21. The van der Waals surface area contributed by atoms with E-state index in [-0.39, 0.29) is 0 Å². The molecule has 4 rings (SSSR count). The maximum absolute atomic E-state index is 12.6. The first-order chi connectivity index (χ1) is 22.1. The first-order valence-electron chi connectivity index (χ1n) is 18.0. The van der Waals surface area contributed by atoms with Crippen LogP contribution < -0.4 is 0 Å². The second kappa shape index (κ2) is 21.4. The lowest BCUT2D eigenvalue weighted by Gasteiger charge is -2.31. The fourth-order valence-corrected chi connectivity index (χ4v) is 6.47. The number of para-hydroxylation sites is 1. The minimum atomic E-state index is -0.959. The van der Waals surface area contributed by atoms with Gasteiger partial charge in [0.1, 0.15) is 5.41 Å². The van der Waals surface area contributed by atoms with Gasteiger partial charge in [0.25, 0.3) is 0 Å². The summed E-state index contributed by atoms with van der Waals surface area (Å²) in [4.78, 5) is 16.0. The highest BCUT2D eigenvalue weighted by Crippen LogP contribution is 2.38. The van der Waals surface area contributed by atoms with Crippen LogP contribution in [0.1, 0.15) is 140 Å². The van der Waals surface area contributed by atoms with Gasteiger partial charge in [-0.15, -0.1) is 0 Å². The van der Waals surface area contributed by atoms with Crippen molar-refractivity contribution in [2.24, 2.45) is 0 Å². The molecule has 0 radical (unpaired) electrons. The van der Waals surface area contributed by atoms with Crippen LogP contribution in [0.3, 0.4) is 0 Å². The number of carbonyl (C=O) groups is 1. The summed E-state index contributed by atoms with van der Waals surface area (Å²) in [6, 6.07) is 30.2. The maximum Gasteiger partial charge on any atom is 0.318 e. The van der Waals surface area contributed by atoms with E-state index in [1.165, 1.54) is 113 Å². The van der Waals surface area contributed by atoms with E-state index in [0.717, 1.165) is 24.0 Å². The highest BCUT2D eigenvalue weighted by Gasteiger charge is 2.41. The summed E-state index contributed by atoms with van der Waals surface area (Å²) in [6.45, 7) is 4.50. The van der Waals surface area contributed by atoms with Crippen LogP contribution in [0.5, 0.6) is 0 Å². The van der Waals surface area contributed by atoms with Gasteiger partial charge in [-0.3, -0.25) is 4.79 Å². The van der Waals surface area contributed by atoms with Gasteiger partial charge >= 0.3 is 5.97 Å². The lowest BCUT2D eigenvalue weighted by Crippen LogP contribution is -2.37. The van der Waals surface area contributed by atoms with E-state index in [1.54, 1.807) is 0 Å². The summed E-state index contributed by atoms with van der Waals surface area (Å²) in [5.74, 6) is -0.746. The molecule has 0 saturated carbocycles. The van der Waals surface area contributed by atoms with E-state index in [0.29, 0.717) is 6.42 Å². The van der Waals surface area contributed by atoms with Gasteiger partial charge in [-0.1, -0.05) is 189 Å². The summed E-state index contributed by atoms with van der Waals surface area (Å²) in [6.07, 6.45) is 22.7. The molecule has 45 heavy (non-hydrogen) atoms. The van der Waals surface area contributed by atoms with Crippen LogP contribution in [0.2, 0.25) is 0 Å². The predicted octanol–water partition coefficient (Wildman–Crippen LogP) is 12.4.